The molecule has 1 atom stereocenters. The van der Waals surface area contributed by atoms with Crippen LogP contribution in [-0.2, 0) is 4.79 Å². The molecule has 1 aromatic carbocycles. The average molecular weight is 266 g/mol. The molecule has 1 amide bonds. The molecule has 0 spiro atoms. The van der Waals surface area contributed by atoms with Crippen LogP contribution in [0.15, 0.2) is 24.3 Å². The second-order valence-corrected chi connectivity index (χ2v) is 5.25. The molecule has 0 saturated carbocycles. The lowest BCUT2D eigenvalue weighted by Gasteiger charge is -2.16. The van der Waals surface area contributed by atoms with Crippen molar-refractivity contribution in [1.82, 2.24) is 10.6 Å². The summed E-state index contributed by atoms with van der Waals surface area (Å²) in [5, 5.41) is 6.10. The van der Waals surface area contributed by atoms with E-state index in [1.54, 1.807) is 11.8 Å². The number of amides is 1. The molecule has 0 radical (unpaired) electrons. The molecule has 0 saturated heterocycles. The van der Waals surface area contributed by atoms with Gasteiger partial charge in [-0.25, -0.2) is 0 Å². The maximum absolute atomic E-state index is 11.4. The zero-order chi connectivity index (χ0) is 13.4. The lowest BCUT2D eigenvalue weighted by atomic mass is 10.1. The van der Waals surface area contributed by atoms with Gasteiger partial charge < -0.3 is 10.6 Å². The second kappa shape index (κ2) is 8.16. The highest BCUT2D eigenvalue weighted by atomic mass is 32.2. The van der Waals surface area contributed by atoms with Crippen molar-refractivity contribution in [3.8, 4) is 0 Å². The quantitative estimate of drug-likeness (QED) is 0.794. The molecule has 0 aliphatic heterocycles. The maximum Gasteiger partial charge on any atom is 0.229 e. The smallest absolute Gasteiger partial charge is 0.229 e. The van der Waals surface area contributed by atoms with Crippen molar-refractivity contribution in [2.45, 2.75) is 19.9 Å². The van der Waals surface area contributed by atoms with Crippen LogP contribution in [0.25, 0.3) is 0 Å². The summed E-state index contributed by atoms with van der Waals surface area (Å²) in [6.45, 7) is 4.73. The highest BCUT2D eigenvalue weighted by Gasteiger charge is 2.10. The van der Waals surface area contributed by atoms with Gasteiger partial charge in [0.25, 0.3) is 0 Å². The normalized spacial score (nSPS) is 12.2. The first kappa shape index (κ1) is 15.1. The van der Waals surface area contributed by atoms with Crippen LogP contribution in [0.5, 0.6) is 0 Å². The van der Waals surface area contributed by atoms with Crippen molar-refractivity contribution < 1.29 is 4.79 Å². The molecule has 100 valence electrons. The van der Waals surface area contributed by atoms with Crippen molar-refractivity contribution >= 4 is 17.7 Å². The van der Waals surface area contributed by atoms with E-state index in [-0.39, 0.29) is 5.91 Å². The molecule has 0 fully saturated rings. The Labute approximate surface area is 114 Å². The Kier molecular flexibility index (Phi) is 6.83. The van der Waals surface area contributed by atoms with E-state index in [0.717, 1.165) is 5.75 Å². The topological polar surface area (TPSA) is 41.1 Å². The van der Waals surface area contributed by atoms with Gasteiger partial charge in [-0.1, -0.05) is 29.8 Å². The number of nitrogens with one attached hydrogen (secondary N) is 2. The second-order valence-electron chi connectivity index (χ2n) is 4.22. The van der Waals surface area contributed by atoms with E-state index in [2.05, 4.69) is 41.8 Å². The fourth-order valence-electron chi connectivity index (χ4n) is 1.75. The third kappa shape index (κ3) is 5.10. The molecule has 3 nitrogen and oxygen atoms in total. The van der Waals surface area contributed by atoms with Gasteiger partial charge in [-0.15, -0.1) is 0 Å². The molecule has 0 heterocycles. The van der Waals surface area contributed by atoms with Crippen LogP contribution in [0.2, 0.25) is 0 Å². The molecule has 2 N–H and O–H groups in total. The van der Waals surface area contributed by atoms with Gasteiger partial charge in [0.15, 0.2) is 0 Å². The zero-order valence-corrected chi connectivity index (χ0v) is 12.1. The van der Waals surface area contributed by atoms with Gasteiger partial charge in [0.05, 0.1) is 5.75 Å². The van der Waals surface area contributed by atoms with Gasteiger partial charge in [0.1, 0.15) is 0 Å². The first-order valence-corrected chi connectivity index (χ1v) is 7.41. The molecule has 4 heteroatoms. The highest BCUT2D eigenvalue weighted by Crippen LogP contribution is 2.18. The van der Waals surface area contributed by atoms with E-state index in [4.69, 9.17) is 0 Å². The Morgan fingerprint density at radius 1 is 1.44 bits per heavy atom. The predicted octanol–water partition coefficient (Wildman–Crippen LogP) is 2.12. The lowest BCUT2D eigenvalue weighted by molar-refractivity contribution is -0.118. The molecule has 0 aliphatic rings. The minimum atomic E-state index is 0.113. The van der Waals surface area contributed by atoms with Crippen LogP contribution < -0.4 is 10.6 Å². The van der Waals surface area contributed by atoms with Gasteiger partial charge in [-0.05, 0) is 26.5 Å². The molecule has 1 unspecified atom stereocenters. The number of rotatable bonds is 7. The van der Waals surface area contributed by atoms with Crippen LogP contribution in [0.3, 0.4) is 0 Å². The van der Waals surface area contributed by atoms with E-state index >= 15 is 0 Å². The van der Waals surface area contributed by atoms with Crippen LogP contribution in [0, 0.1) is 6.92 Å². The molecule has 0 aliphatic carbocycles. The minimum Gasteiger partial charge on any atom is -0.356 e. The van der Waals surface area contributed by atoms with Gasteiger partial charge in [0, 0.05) is 18.3 Å². The zero-order valence-electron chi connectivity index (χ0n) is 11.3. The van der Waals surface area contributed by atoms with Crippen molar-refractivity contribution in [2.75, 3.05) is 25.1 Å². The first-order chi connectivity index (χ1) is 8.67. The number of carbonyl (C=O) groups excluding carboxylic acids is 1. The average Bonchev–Trinajstić information content (AvgIpc) is 2.35. The number of aryl methyl sites for hydroxylation is 1. The lowest BCUT2D eigenvalue weighted by Crippen LogP contribution is -2.26. The molecule has 18 heavy (non-hydrogen) atoms. The Balaban J connectivity index is 2.45. The number of benzene rings is 1. The summed E-state index contributed by atoms with van der Waals surface area (Å²) in [5.74, 6) is 1.54. The number of hydrogen-bond donors (Lipinski definition) is 2. The molecule has 0 bridgehead atoms. The van der Waals surface area contributed by atoms with Gasteiger partial charge in [0.2, 0.25) is 5.91 Å². The van der Waals surface area contributed by atoms with E-state index in [1.165, 1.54) is 11.1 Å². The van der Waals surface area contributed by atoms with E-state index in [9.17, 15) is 4.79 Å². The highest BCUT2D eigenvalue weighted by molar-refractivity contribution is 7.99. The van der Waals surface area contributed by atoms with Crippen LogP contribution >= 0.6 is 11.8 Å². The van der Waals surface area contributed by atoms with Crippen LogP contribution in [-0.4, -0.2) is 31.0 Å². The summed E-state index contributed by atoms with van der Waals surface area (Å²) in [7, 11) is 1.96. The Morgan fingerprint density at radius 3 is 2.83 bits per heavy atom. The maximum atomic E-state index is 11.4. The van der Waals surface area contributed by atoms with Crippen molar-refractivity contribution in [2.24, 2.45) is 0 Å². The summed E-state index contributed by atoms with van der Waals surface area (Å²) in [6.07, 6.45) is 0. The monoisotopic (exact) mass is 266 g/mol. The van der Waals surface area contributed by atoms with Crippen molar-refractivity contribution in [3.05, 3.63) is 35.4 Å². The first-order valence-electron chi connectivity index (χ1n) is 6.25. The van der Waals surface area contributed by atoms with Crippen molar-refractivity contribution in [3.63, 3.8) is 0 Å². The third-order valence-corrected chi connectivity index (χ3v) is 3.72. The summed E-state index contributed by atoms with van der Waals surface area (Å²) >= 11 is 1.66. The Hall–Kier alpha value is -1.00. The van der Waals surface area contributed by atoms with Crippen LogP contribution in [0.4, 0.5) is 0 Å². The standard InChI is InChI=1S/C14H22N2OS/c1-4-16-14(17)10-18-9-13(15-3)12-7-5-6-11(2)8-12/h5-8,13,15H,4,9-10H2,1-3H3,(H,16,17). The molecule has 1 aromatic rings. The van der Waals surface area contributed by atoms with Gasteiger partial charge in [-0.2, -0.15) is 11.8 Å². The Morgan fingerprint density at radius 2 is 2.22 bits per heavy atom. The van der Waals surface area contributed by atoms with E-state index in [0.29, 0.717) is 18.3 Å². The molecular formula is C14H22N2OS. The molecular weight excluding hydrogens is 244 g/mol. The summed E-state index contributed by atoms with van der Waals surface area (Å²) in [6, 6.07) is 8.78. The van der Waals surface area contributed by atoms with E-state index < -0.39 is 0 Å². The van der Waals surface area contributed by atoms with E-state index in [1.807, 2.05) is 14.0 Å². The summed E-state index contributed by atoms with van der Waals surface area (Å²) < 4.78 is 0. The molecule has 1 rings (SSSR count). The van der Waals surface area contributed by atoms with Gasteiger partial charge >= 0.3 is 0 Å². The predicted molar refractivity (Wildman–Crippen MR) is 79.0 cm³/mol. The largest absolute Gasteiger partial charge is 0.356 e. The van der Waals surface area contributed by atoms with Crippen molar-refractivity contribution in [1.29, 1.82) is 0 Å². The fourth-order valence-corrected chi connectivity index (χ4v) is 2.75. The SMILES string of the molecule is CCNC(=O)CSCC(NC)c1cccc(C)c1. The minimum absolute atomic E-state index is 0.113. The molecule has 0 aromatic heterocycles. The third-order valence-electron chi connectivity index (χ3n) is 2.68. The number of carbonyl (C=O) groups is 1. The fraction of sp³-hybridized carbons (Fsp3) is 0.500. The summed E-state index contributed by atoms with van der Waals surface area (Å²) in [5.41, 5.74) is 2.54. The Bertz CT molecular complexity index is 382. The number of hydrogen-bond acceptors (Lipinski definition) is 3. The van der Waals surface area contributed by atoms with Crippen LogP contribution in [0.1, 0.15) is 24.1 Å². The van der Waals surface area contributed by atoms with Gasteiger partial charge in [-0.3, -0.25) is 4.79 Å². The number of thioether (sulfide) groups is 1. The summed E-state index contributed by atoms with van der Waals surface area (Å²) in [4.78, 5) is 11.4.